The van der Waals surface area contributed by atoms with Crippen LogP contribution >= 0.6 is 0 Å². The van der Waals surface area contributed by atoms with Crippen molar-refractivity contribution < 1.29 is 21.6 Å². The van der Waals surface area contributed by atoms with E-state index >= 15 is 0 Å². The van der Waals surface area contributed by atoms with Crippen LogP contribution in [0.2, 0.25) is 0 Å². The molecule has 1 aliphatic rings. The van der Waals surface area contributed by atoms with Gasteiger partial charge in [0, 0.05) is 12.6 Å². The molecule has 2 aromatic carbocycles. The molecule has 122 valence electrons. The molecule has 0 radical (unpaired) electrons. The third-order valence-corrected chi connectivity index (χ3v) is 5.60. The lowest BCUT2D eigenvalue weighted by Crippen LogP contribution is -2.33. The summed E-state index contributed by atoms with van der Waals surface area (Å²) in [5.41, 5.74) is 0.582. The minimum Gasteiger partial charge on any atom is -0.207 e. The maximum Gasteiger partial charge on any atom is 0.246 e. The summed E-state index contributed by atoms with van der Waals surface area (Å²) in [6, 6.07) is 7.52. The molecule has 0 aliphatic heterocycles. The summed E-state index contributed by atoms with van der Waals surface area (Å²) in [6.07, 6.45) is 1.33. The quantitative estimate of drug-likeness (QED) is 0.835. The van der Waals surface area contributed by atoms with Gasteiger partial charge >= 0.3 is 0 Å². The summed E-state index contributed by atoms with van der Waals surface area (Å²) in [4.78, 5) is -0.675. The van der Waals surface area contributed by atoms with Gasteiger partial charge in [0.25, 0.3) is 0 Å². The van der Waals surface area contributed by atoms with Crippen LogP contribution in [-0.4, -0.2) is 18.8 Å². The lowest BCUT2D eigenvalue weighted by Gasteiger charge is -2.22. The fraction of sp³-hybridized carbons (Fsp3) is 0.250. The van der Waals surface area contributed by atoms with Crippen LogP contribution in [0.5, 0.6) is 0 Å². The van der Waals surface area contributed by atoms with Gasteiger partial charge in [0.05, 0.1) is 0 Å². The first-order chi connectivity index (χ1) is 10.9. The standard InChI is InChI=1S/C16H14F3NO2S/c17-12-3-1-11(2-4-12)10-20(14-6-7-14)23(21,22)16-9-13(18)5-8-15(16)19/h1-5,8-9,14H,6-7,10H2. The van der Waals surface area contributed by atoms with Crippen LogP contribution in [0.15, 0.2) is 47.4 Å². The summed E-state index contributed by atoms with van der Waals surface area (Å²) in [7, 11) is -4.17. The zero-order chi connectivity index (χ0) is 16.6. The van der Waals surface area contributed by atoms with Gasteiger partial charge < -0.3 is 0 Å². The van der Waals surface area contributed by atoms with Gasteiger partial charge in [0.2, 0.25) is 10.0 Å². The molecule has 0 saturated heterocycles. The molecule has 0 bridgehead atoms. The zero-order valence-electron chi connectivity index (χ0n) is 12.0. The number of rotatable bonds is 5. The normalized spacial score (nSPS) is 15.1. The second-order valence-corrected chi connectivity index (χ2v) is 7.34. The molecule has 1 fully saturated rings. The first-order valence-corrected chi connectivity index (χ1v) is 8.53. The maximum absolute atomic E-state index is 13.9. The second kappa shape index (κ2) is 5.98. The Morgan fingerprint density at radius 1 is 0.957 bits per heavy atom. The van der Waals surface area contributed by atoms with Crippen molar-refractivity contribution >= 4 is 10.0 Å². The number of halogens is 3. The Morgan fingerprint density at radius 3 is 2.17 bits per heavy atom. The molecule has 7 heteroatoms. The van der Waals surface area contributed by atoms with Crippen molar-refractivity contribution in [3.63, 3.8) is 0 Å². The minimum atomic E-state index is -4.17. The average molecular weight is 341 g/mol. The summed E-state index contributed by atoms with van der Waals surface area (Å²) in [6.45, 7) is -0.0107. The predicted octanol–water partition coefficient (Wildman–Crippen LogP) is 3.46. The third-order valence-electron chi connectivity index (χ3n) is 3.69. The molecule has 3 nitrogen and oxygen atoms in total. The number of hydrogen-bond acceptors (Lipinski definition) is 2. The lowest BCUT2D eigenvalue weighted by molar-refractivity contribution is 0.394. The molecule has 0 atom stereocenters. The van der Waals surface area contributed by atoms with E-state index in [1.54, 1.807) is 0 Å². The molecular formula is C16H14F3NO2S. The summed E-state index contributed by atoms with van der Waals surface area (Å²) < 4.78 is 66.7. The van der Waals surface area contributed by atoms with Crippen LogP contribution in [0.1, 0.15) is 18.4 Å². The van der Waals surface area contributed by atoms with Crippen LogP contribution in [0.25, 0.3) is 0 Å². The van der Waals surface area contributed by atoms with E-state index in [0.717, 1.165) is 16.4 Å². The Labute approximate surface area is 132 Å². The van der Waals surface area contributed by atoms with E-state index in [2.05, 4.69) is 0 Å². The Balaban J connectivity index is 1.96. The highest BCUT2D eigenvalue weighted by atomic mass is 32.2. The first kappa shape index (κ1) is 16.0. The minimum absolute atomic E-state index is 0.0107. The van der Waals surface area contributed by atoms with Gasteiger partial charge in [-0.3, -0.25) is 0 Å². The van der Waals surface area contributed by atoms with Gasteiger partial charge in [0.15, 0.2) is 0 Å². The number of benzene rings is 2. The van der Waals surface area contributed by atoms with Crippen molar-refractivity contribution in [3.05, 3.63) is 65.5 Å². The molecule has 0 unspecified atom stereocenters. The molecule has 23 heavy (non-hydrogen) atoms. The van der Waals surface area contributed by atoms with Gasteiger partial charge in [0.1, 0.15) is 22.3 Å². The third kappa shape index (κ3) is 3.40. The molecule has 2 aromatic rings. The number of nitrogens with zero attached hydrogens (tertiary/aromatic N) is 1. The van der Waals surface area contributed by atoms with Gasteiger partial charge in [-0.25, -0.2) is 21.6 Å². The van der Waals surface area contributed by atoms with Crippen molar-refractivity contribution in [2.75, 3.05) is 0 Å². The number of hydrogen-bond donors (Lipinski definition) is 0. The average Bonchev–Trinajstić information content (AvgIpc) is 3.33. The molecular weight excluding hydrogens is 327 g/mol. The molecule has 0 N–H and O–H groups in total. The fourth-order valence-corrected chi connectivity index (χ4v) is 4.09. The van der Waals surface area contributed by atoms with Crippen molar-refractivity contribution in [1.82, 2.24) is 4.31 Å². The molecule has 1 aliphatic carbocycles. The highest BCUT2D eigenvalue weighted by Crippen LogP contribution is 2.34. The second-order valence-electron chi connectivity index (χ2n) is 5.48. The maximum atomic E-state index is 13.9. The fourth-order valence-electron chi connectivity index (χ4n) is 2.34. The van der Waals surface area contributed by atoms with E-state index < -0.39 is 32.4 Å². The van der Waals surface area contributed by atoms with Crippen molar-refractivity contribution in [3.8, 4) is 0 Å². The van der Waals surface area contributed by atoms with Crippen molar-refractivity contribution in [1.29, 1.82) is 0 Å². The monoisotopic (exact) mass is 341 g/mol. The van der Waals surface area contributed by atoms with E-state index in [-0.39, 0.29) is 12.6 Å². The molecule has 3 rings (SSSR count). The SMILES string of the molecule is O=S(=O)(c1cc(F)ccc1F)N(Cc1ccc(F)cc1)C1CC1. The van der Waals surface area contributed by atoms with Gasteiger partial charge in [-0.1, -0.05) is 12.1 Å². The van der Waals surface area contributed by atoms with Crippen molar-refractivity contribution in [2.45, 2.75) is 30.3 Å². The highest BCUT2D eigenvalue weighted by Gasteiger charge is 2.39. The summed E-state index contributed by atoms with van der Waals surface area (Å²) >= 11 is 0. The summed E-state index contributed by atoms with van der Waals surface area (Å²) in [5.74, 6) is -2.23. The van der Waals surface area contributed by atoms with Crippen molar-refractivity contribution in [2.24, 2.45) is 0 Å². The lowest BCUT2D eigenvalue weighted by atomic mass is 10.2. The van der Waals surface area contributed by atoms with Gasteiger partial charge in [-0.05, 0) is 48.7 Å². The van der Waals surface area contributed by atoms with E-state index in [1.165, 1.54) is 24.3 Å². The molecule has 0 spiro atoms. The van der Waals surface area contributed by atoms with Crippen LogP contribution in [-0.2, 0) is 16.6 Å². The smallest absolute Gasteiger partial charge is 0.207 e. The topological polar surface area (TPSA) is 37.4 Å². The largest absolute Gasteiger partial charge is 0.246 e. The van der Waals surface area contributed by atoms with E-state index in [9.17, 15) is 21.6 Å². The Morgan fingerprint density at radius 2 is 1.57 bits per heavy atom. The van der Waals surface area contributed by atoms with Crippen LogP contribution in [0.3, 0.4) is 0 Å². The molecule has 1 saturated carbocycles. The van der Waals surface area contributed by atoms with Crippen LogP contribution < -0.4 is 0 Å². The Bertz CT molecular complexity index is 818. The zero-order valence-corrected chi connectivity index (χ0v) is 12.9. The Hall–Kier alpha value is -1.86. The summed E-state index contributed by atoms with van der Waals surface area (Å²) in [5, 5.41) is 0. The first-order valence-electron chi connectivity index (χ1n) is 7.09. The molecule has 0 aromatic heterocycles. The Kier molecular flexibility index (Phi) is 4.16. The van der Waals surface area contributed by atoms with Crippen LogP contribution in [0.4, 0.5) is 13.2 Å². The van der Waals surface area contributed by atoms with E-state index in [1.807, 2.05) is 0 Å². The van der Waals surface area contributed by atoms with E-state index in [4.69, 9.17) is 0 Å². The number of sulfonamides is 1. The molecule has 0 amide bonds. The van der Waals surface area contributed by atoms with E-state index in [0.29, 0.717) is 24.5 Å². The van der Waals surface area contributed by atoms with Gasteiger partial charge in [-0.15, -0.1) is 0 Å². The highest BCUT2D eigenvalue weighted by molar-refractivity contribution is 7.89. The van der Waals surface area contributed by atoms with Gasteiger partial charge in [-0.2, -0.15) is 4.31 Å². The van der Waals surface area contributed by atoms with Crippen LogP contribution in [0, 0.1) is 17.5 Å². The predicted molar refractivity (Wildman–Crippen MR) is 78.5 cm³/mol. The molecule has 0 heterocycles.